The molecule has 2 rings (SSSR count). The Balaban J connectivity index is 1.82. The molecule has 0 radical (unpaired) electrons. The Morgan fingerprint density at radius 1 is 1.20 bits per heavy atom. The molecule has 0 spiro atoms. The molecule has 0 saturated heterocycles. The molecule has 1 heteroatoms. The fourth-order valence-electron chi connectivity index (χ4n) is 1.95. The lowest BCUT2D eigenvalue weighted by atomic mass is 9.95. The van der Waals surface area contributed by atoms with Crippen LogP contribution in [0.3, 0.4) is 0 Å². The van der Waals surface area contributed by atoms with Crippen LogP contribution in [0.15, 0.2) is 30.3 Å². The molecule has 0 aliphatic heterocycles. The quantitative estimate of drug-likeness (QED) is 0.775. The Bertz CT molecular complexity index is 289. The Kier molecular flexibility index (Phi) is 3.42. The van der Waals surface area contributed by atoms with E-state index in [2.05, 4.69) is 49.5 Å². The number of nitrogens with one attached hydrogen (secondary N) is 1. The fraction of sp³-hybridized carbons (Fsp3) is 0.571. The minimum Gasteiger partial charge on any atom is -0.311 e. The van der Waals surface area contributed by atoms with Gasteiger partial charge in [-0.1, -0.05) is 37.3 Å². The lowest BCUT2D eigenvalue weighted by Crippen LogP contribution is -2.34. The van der Waals surface area contributed by atoms with Gasteiger partial charge in [-0.15, -0.1) is 0 Å². The van der Waals surface area contributed by atoms with E-state index in [-0.39, 0.29) is 0 Å². The van der Waals surface area contributed by atoms with Crippen molar-refractivity contribution < 1.29 is 0 Å². The molecule has 1 aromatic rings. The summed E-state index contributed by atoms with van der Waals surface area (Å²) in [5, 5.41) is 3.67. The van der Waals surface area contributed by atoms with Gasteiger partial charge in [-0.2, -0.15) is 0 Å². The maximum absolute atomic E-state index is 3.67. The topological polar surface area (TPSA) is 12.0 Å². The second kappa shape index (κ2) is 4.80. The molecule has 1 N–H and O–H groups in total. The van der Waals surface area contributed by atoms with Crippen LogP contribution in [0, 0.1) is 5.92 Å². The predicted molar refractivity (Wildman–Crippen MR) is 64.9 cm³/mol. The van der Waals surface area contributed by atoms with Crippen LogP contribution in [0.4, 0.5) is 0 Å². The third kappa shape index (κ3) is 3.35. The lowest BCUT2D eigenvalue weighted by molar-refractivity contribution is 0.396. The monoisotopic (exact) mass is 203 g/mol. The SMILES string of the molecule is CC(Cc1ccccc1)C(C)NC1CC1. The molecular weight excluding hydrogens is 182 g/mol. The third-order valence-corrected chi connectivity index (χ3v) is 3.33. The van der Waals surface area contributed by atoms with Gasteiger partial charge in [-0.05, 0) is 37.7 Å². The summed E-state index contributed by atoms with van der Waals surface area (Å²) in [6, 6.07) is 12.2. The van der Waals surface area contributed by atoms with E-state index in [1.54, 1.807) is 0 Å². The van der Waals surface area contributed by atoms with E-state index in [4.69, 9.17) is 0 Å². The average molecular weight is 203 g/mol. The van der Waals surface area contributed by atoms with Crippen molar-refractivity contribution in [3.05, 3.63) is 35.9 Å². The molecule has 2 unspecified atom stereocenters. The van der Waals surface area contributed by atoms with E-state index < -0.39 is 0 Å². The van der Waals surface area contributed by atoms with Crippen LogP contribution >= 0.6 is 0 Å². The summed E-state index contributed by atoms with van der Waals surface area (Å²) in [7, 11) is 0. The Morgan fingerprint density at radius 3 is 2.47 bits per heavy atom. The van der Waals surface area contributed by atoms with E-state index in [9.17, 15) is 0 Å². The average Bonchev–Trinajstić information content (AvgIpc) is 3.03. The van der Waals surface area contributed by atoms with Crippen LogP contribution in [0.25, 0.3) is 0 Å². The summed E-state index contributed by atoms with van der Waals surface area (Å²) in [5.41, 5.74) is 1.45. The van der Waals surface area contributed by atoms with E-state index in [0.717, 1.165) is 6.04 Å². The summed E-state index contributed by atoms with van der Waals surface area (Å²) >= 11 is 0. The van der Waals surface area contributed by atoms with Crippen LogP contribution in [-0.2, 0) is 6.42 Å². The molecule has 1 aliphatic carbocycles. The molecule has 1 nitrogen and oxygen atoms in total. The molecule has 82 valence electrons. The zero-order valence-electron chi connectivity index (χ0n) is 9.74. The molecule has 0 heterocycles. The molecule has 0 bridgehead atoms. The van der Waals surface area contributed by atoms with Gasteiger partial charge in [0.05, 0.1) is 0 Å². The van der Waals surface area contributed by atoms with E-state index in [1.807, 2.05) is 0 Å². The zero-order valence-corrected chi connectivity index (χ0v) is 9.74. The van der Waals surface area contributed by atoms with Crippen molar-refractivity contribution in [2.45, 2.75) is 45.2 Å². The van der Waals surface area contributed by atoms with E-state index >= 15 is 0 Å². The lowest BCUT2D eigenvalue weighted by Gasteiger charge is -2.21. The van der Waals surface area contributed by atoms with E-state index in [1.165, 1.54) is 24.8 Å². The number of benzene rings is 1. The van der Waals surface area contributed by atoms with Gasteiger partial charge >= 0.3 is 0 Å². The van der Waals surface area contributed by atoms with Gasteiger partial charge in [-0.3, -0.25) is 0 Å². The smallest absolute Gasteiger partial charge is 0.00708 e. The highest BCUT2D eigenvalue weighted by Crippen LogP contribution is 2.21. The highest BCUT2D eigenvalue weighted by molar-refractivity contribution is 5.15. The molecule has 2 atom stereocenters. The number of hydrogen-bond donors (Lipinski definition) is 1. The first-order valence-corrected chi connectivity index (χ1v) is 6.05. The molecule has 0 aromatic heterocycles. The van der Waals surface area contributed by atoms with Gasteiger partial charge in [0.1, 0.15) is 0 Å². The first-order valence-electron chi connectivity index (χ1n) is 6.05. The number of hydrogen-bond acceptors (Lipinski definition) is 1. The minimum atomic E-state index is 0.637. The van der Waals surface area contributed by atoms with Crippen LogP contribution < -0.4 is 5.32 Å². The minimum absolute atomic E-state index is 0.637. The summed E-state index contributed by atoms with van der Waals surface area (Å²) in [4.78, 5) is 0. The molecule has 15 heavy (non-hydrogen) atoms. The molecule has 1 aromatic carbocycles. The van der Waals surface area contributed by atoms with Crippen molar-refractivity contribution in [3.8, 4) is 0 Å². The second-order valence-corrected chi connectivity index (χ2v) is 4.90. The standard InChI is InChI=1S/C14H21N/c1-11(12(2)15-14-8-9-14)10-13-6-4-3-5-7-13/h3-7,11-12,14-15H,8-10H2,1-2H3. The van der Waals surface area contributed by atoms with Gasteiger partial charge in [-0.25, -0.2) is 0 Å². The summed E-state index contributed by atoms with van der Waals surface area (Å²) in [6.45, 7) is 4.65. The van der Waals surface area contributed by atoms with Crippen molar-refractivity contribution >= 4 is 0 Å². The summed E-state index contributed by atoms with van der Waals surface area (Å²) in [6.07, 6.45) is 3.94. The Labute approximate surface area is 92.9 Å². The van der Waals surface area contributed by atoms with Gasteiger partial charge in [0, 0.05) is 12.1 Å². The molecule has 1 fully saturated rings. The maximum Gasteiger partial charge on any atom is 0.00708 e. The Morgan fingerprint density at radius 2 is 1.87 bits per heavy atom. The zero-order chi connectivity index (χ0) is 10.7. The van der Waals surface area contributed by atoms with Crippen molar-refractivity contribution in [2.24, 2.45) is 5.92 Å². The number of rotatable bonds is 5. The molecule has 1 aliphatic rings. The maximum atomic E-state index is 3.67. The van der Waals surface area contributed by atoms with Gasteiger partial charge in [0.2, 0.25) is 0 Å². The predicted octanol–water partition coefficient (Wildman–Crippen LogP) is 3.01. The largest absolute Gasteiger partial charge is 0.311 e. The molecule has 1 saturated carbocycles. The first-order chi connectivity index (χ1) is 7.25. The van der Waals surface area contributed by atoms with Crippen molar-refractivity contribution in [2.75, 3.05) is 0 Å². The van der Waals surface area contributed by atoms with Crippen molar-refractivity contribution in [3.63, 3.8) is 0 Å². The van der Waals surface area contributed by atoms with Crippen LogP contribution in [-0.4, -0.2) is 12.1 Å². The van der Waals surface area contributed by atoms with Gasteiger partial charge in [0.15, 0.2) is 0 Å². The van der Waals surface area contributed by atoms with Crippen LogP contribution in [0.2, 0.25) is 0 Å². The normalized spacial score (nSPS) is 19.9. The Hall–Kier alpha value is -0.820. The molecular formula is C14H21N. The van der Waals surface area contributed by atoms with Crippen LogP contribution in [0.1, 0.15) is 32.3 Å². The van der Waals surface area contributed by atoms with Gasteiger partial charge in [0.25, 0.3) is 0 Å². The summed E-state index contributed by atoms with van der Waals surface area (Å²) in [5.74, 6) is 0.716. The first kappa shape index (κ1) is 10.7. The third-order valence-electron chi connectivity index (χ3n) is 3.33. The van der Waals surface area contributed by atoms with Crippen LogP contribution in [0.5, 0.6) is 0 Å². The summed E-state index contributed by atoms with van der Waals surface area (Å²) < 4.78 is 0. The van der Waals surface area contributed by atoms with Crippen molar-refractivity contribution in [1.29, 1.82) is 0 Å². The highest BCUT2D eigenvalue weighted by atomic mass is 15.0. The highest BCUT2D eigenvalue weighted by Gasteiger charge is 2.24. The van der Waals surface area contributed by atoms with Gasteiger partial charge < -0.3 is 5.32 Å². The van der Waals surface area contributed by atoms with Crippen molar-refractivity contribution in [1.82, 2.24) is 5.32 Å². The second-order valence-electron chi connectivity index (χ2n) is 4.90. The fourth-order valence-corrected chi connectivity index (χ4v) is 1.95. The van der Waals surface area contributed by atoms with E-state index in [0.29, 0.717) is 12.0 Å². The molecule has 0 amide bonds.